The van der Waals surface area contributed by atoms with Crippen LogP contribution in [0.5, 0.6) is 5.88 Å². The van der Waals surface area contributed by atoms with Crippen molar-refractivity contribution >= 4 is 5.91 Å². The second-order valence-corrected chi connectivity index (χ2v) is 7.30. The average Bonchev–Trinajstić information content (AvgIpc) is 3.10. The van der Waals surface area contributed by atoms with Crippen LogP contribution in [0.3, 0.4) is 0 Å². The van der Waals surface area contributed by atoms with Crippen LogP contribution < -0.4 is 10.1 Å². The van der Waals surface area contributed by atoms with Crippen LogP contribution in [0.25, 0.3) is 11.3 Å². The van der Waals surface area contributed by atoms with Crippen LogP contribution in [0.4, 0.5) is 0 Å². The zero-order valence-corrected chi connectivity index (χ0v) is 17.1. The number of hydrogen-bond donors (Lipinski definition) is 1. The molecule has 0 aliphatic heterocycles. The lowest BCUT2D eigenvalue weighted by Gasteiger charge is -2.34. The summed E-state index contributed by atoms with van der Waals surface area (Å²) in [6.07, 6.45) is 3.60. The molecule has 30 heavy (non-hydrogen) atoms. The zero-order valence-electron chi connectivity index (χ0n) is 17.1. The Morgan fingerprint density at radius 3 is 2.70 bits per heavy atom. The zero-order chi connectivity index (χ0) is 21.1. The number of methoxy groups -OCH3 is 1. The number of nitrogens with zero attached hydrogens (tertiary/aromatic N) is 4. The summed E-state index contributed by atoms with van der Waals surface area (Å²) >= 11 is 0. The van der Waals surface area contributed by atoms with Gasteiger partial charge < -0.3 is 19.3 Å². The van der Waals surface area contributed by atoms with E-state index in [9.17, 15) is 4.79 Å². The summed E-state index contributed by atoms with van der Waals surface area (Å²) in [7, 11) is 1.68. The number of aryl methyl sites for hydroxylation is 2. The average molecular weight is 409 g/mol. The molecule has 9 nitrogen and oxygen atoms in total. The molecule has 3 aromatic heterocycles. The molecule has 0 bridgehead atoms. The molecule has 3 heterocycles. The van der Waals surface area contributed by atoms with Crippen molar-refractivity contribution in [1.82, 2.24) is 25.7 Å². The summed E-state index contributed by atoms with van der Waals surface area (Å²) < 4.78 is 16.3. The third-order valence-electron chi connectivity index (χ3n) is 5.17. The predicted molar refractivity (Wildman–Crippen MR) is 107 cm³/mol. The van der Waals surface area contributed by atoms with Gasteiger partial charge in [0.15, 0.2) is 5.69 Å². The van der Waals surface area contributed by atoms with Gasteiger partial charge in [0.05, 0.1) is 11.7 Å². The molecule has 0 unspecified atom stereocenters. The first kappa shape index (κ1) is 20.0. The van der Waals surface area contributed by atoms with Crippen molar-refractivity contribution in [3.05, 3.63) is 53.2 Å². The van der Waals surface area contributed by atoms with Gasteiger partial charge in [-0.3, -0.25) is 9.78 Å². The molecular formula is C21H23N5O4. The maximum absolute atomic E-state index is 12.2. The van der Waals surface area contributed by atoms with Gasteiger partial charge >= 0.3 is 0 Å². The summed E-state index contributed by atoms with van der Waals surface area (Å²) in [5, 5.41) is 15.0. The van der Waals surface area contributed by atoms with E-state index in [4.69, 9.17) is 14.0 Å². The topological polar surface area (TPSA) is 112 Å². The fourth-order valence-corrected chi connectivity index (χ4v) is 3.20. The fourth-order valence-electron chi connectivity index (χ4n) is 3.20. The number of rotatable bonds is 7. The molecule has 0 atom stereocenters. The molecule has 1 amide bonds. The molecule has 1 saturated carbocycles. The van der Waals surface area contributed by atoms with Crippen molar-refractivity contribution in [2.24, 2.45) is 0 Å². The van der Waals surface area contributed by atoms with E-state index in [1.165, 1.54) is 0 Å². The SMILES string of the molecule is COC1CC(NC(=O)c2ccc(OCc3c(-c4ccc(C)nc4)noc3C)nn2)C1. The van der Waals surface area contributed by atoms with Gasteiger partial charge in [-0.05, 0) is 44.9 Å². The Bertz CT molecular complexity index is 1010. The van der Waals surface area contributed by atoms with E-state index in [-0.39, 0.29) is 30.4 Å². The normalized spacial score (nSPS) is 18.0. The first-order valence-electron chi connectivity index (χ1n) is 9.72. The minimum absolute atomic E-state index is 0.117. The van der Waals surface area contributed by atoms with Crippen molar-refractivity contribution in [2.75, 3.05) is 7.11 Å². The van der Waals surface area contributed by atoms with Gasteiger partial charge in [0.2, 0.25) is 5.88 Å². The number of nitrogens with one attached hydrogen (secondary N) is 1. The van der Waals surface area contributed by atoms with E-state index >= 15 is 0 Å². The van der Waals surface area contributed by atoms with Gasteiger partial charge in [0, 0.05) is 36.7 Å². The van der Waals surface area contributed by atoms with E-state index in [0.29, 0.717) is 17.3 Å². The lowest BCUT2D eigenvalue weighted by molar-refractivity contribution is 0.0175. The van der Waals surface area contributed by atoms with E-state index in [1.807, 2.05) is 26.0 Å². The van der Waals surface area contributed by atoms with Gasteiger partial charge in [-0.25, -0.2) is 0 Å². The molecule has 0 spiro atoms. The van der Waals surface area contributed by atoms with Crippen LogP contribution >= 0.6 is 0 Å². The highest BCUT2D eigenvalue weighted by Crippen LogP contribution is 2.26. The highest BCUT2D eigenvalue weighted by atomic mass is 16.5. The van der Waals surface area contributed by atoms with Crippen molar-refractivity contribution < 1.29 is 18.8 Å². The first-order chi connectivity index (χ1) is 14.5. The molecule has 3 aromatic rings. The third-order valence-corrected chi connectivity index (χ3v) is 5.17. The second kappa shape index (κ2) is 8.58. The van der Waals surface area contributed by atoms with Crippen LogP contribution in [0.1, 0.15) is 40.3 Å². The van der Waals surface area contributed by atoms with Crippen LogP contribution in [0.2, 0.25) is 0 Å². The Balaban J connectivity index is 1.37. The van der Waals surface area contributed by atoms with Gasteiger partial charge in [-0.15, -0.1) is 10.2 Å². The molecule has 1 aliphatic carbocycles. The lowest BCUT2D eigenvalue weighted by atomic mass is 9.89. The Hall–Kier alpha value is -3.33. The molecule has 4 rings (SSSR count). The van der Waals surface area contributed by atoms with Crippen molar-refractivity contribution in [1.29, 1.82) is 0 Å². The number of ether oxygens (including phenoxy) is 2. The lowest BCUT2D eigenvalue weighted by Crippen LogP contribution is -2.47. The summed E-state index contributed by atoms with van der Waals surface area (Å²) in [4.78, 5) is 16.5. The maximum Gasteiger partial charge on any atom is 0.272 e. The number of pyridine rings is 1. The van der Waals surface area contributed by atoms with E-state index in [1.54, 1.807) is 25.4 Å². The van der Waals surface area contributed by atoms with Crippen molar-refractivity contribution in [2.45, 2.75) is 45.4 Å². The van der Waals surface area contributed by atoms with Crippen LogP contribution in [-0.4, -0.2) is 45.5 Å². The highest BCUT2D eigenvalue weighted by Gasteiger charge is 2.30. The molecule has 0 radical (unpaired) electrons. The minimum atomic E-state index is -0.252. The number of amides is 1. The summed E-state index contributed by atoms with van der Waals surface area (Å²) in [6.45, 7) is 3.96. The summed E-state index contributed by atoms with van der Waals surface area (Å²) in [6, 6.07) is 7.18. The number of aromatic nitrogens is 4. The predicted octanol–water partition coefficient (Wildman–Crippen LogP) is 2.63. The fraction of sp³-hybridized carbons (Fsp3) is 0.381. The summed E-state index contributed by atoms with van der Waals surface area (Å²) in [5.74, 6) is 0.713. The number of hydrogen-bond acceptors (Lipinski definition) is 8. The summed E-state index contributed by atoms with van der Waals surface area (Å²) in [5.41, 5.74) is 3.50. The Labute approximate surface area is 173 Å². The van der Waals surface area contributed by atoms with Crippen LogP contribution in [0.15, 0.2) is 35.0 Å². The van der Waals surface area contributed by atoms with E-state index in [0.717, 1.165) is 29.7 Å². The quantitative estimate of drug-likeness (QED) is 0.634. The van der Waals surface area contributed by atoms with Gasteiger partial charge in [0.25, 0.3) is 5.91 Å². The number of carbonyl (C=O) groups excluding carboxylic acids is 1. The van der Waals surface area contributed by atoms with E-state index in [2.05, 4.69) is 25.7 Å². The third kappa shape index (κ3) is 4.30. The second-order valence-electron chi connectivity index (χ2n) is 7.30. The first-order valence-corrected chi connectivity index (χ1v) is 9.72. The highest BCUT2D eigenvalue weighted by molar-refractivity contribution is 5.92. The van der Waals surface area contributed by atoms with Crippen molar-refractivity contribution in [3.63, 3.8) is 0 Å². The molecule has 0 saturated heterocycles. The molecule has 1 aliphatic rings. The number of carbonyl (C=O) groups is 1. The largest absolute Gasteiger partial charge is 0.472 e. The van der Waals surface area contributed by atoms with Crippen LogP contribution in [0, 0.1) is 13.8 Å². The van der Waals surface area contributed by atoms with Gasteiger partial charge in [0.1, 0.15) is 18.1 Å². The Morgan fingerprint density at radius 2 is 2.03 bits per heavy atom. The molecule has 9 heteroatoms. The molecular weight excluding hydrogens is 386 g/mol. The molecule has 1 N–H and O–H groups in total. The maximum atomic E-state index is 12.2. The van der Waals surface area contributed by atoms with Crippen LogP contribution in [-0.2, 0) is 11.3 Å². The Morgan fingerprint density at radius 1 is 1.20 bits per heavy atom. The monoisotopic (exact) mass is 409 g/mol. The van der Waals surface area contributed by atoms with Gasteiger partial charge in [-0.1, -0.05) is 5.16 Å². The molecule has 156 valence electrons. The minimum Gasteiger partial charge on any atom is -0.472 e. The molecule has 0 aromatic carbocycles. The van der Waals surface area contributed by atoms with E-state index < -0.39 is 0 Å². The van der Waals surface area contributed by atoms with Crippen molar-refractivity contribution in [3.8, 4) is 17.1 Å². The smallest absolute Gasteiger partial charge is 0.272 e. The standard InChI is InChI=1S/C21H23N5O4/c1-12-4-5-14(10-22-12)20-17(13(2)30-26-20)11-29-19-7-6-18(24-25-19)21(27)23-15-8-16(9-15)28-3/h4-7,10,15-16H,8-9,11H2,1-3H3,(H,23,27). The Kier molecular flexibility index (Phi) is 5.71. The van der Waals surface area contributed by atoms with Gasteiger partial charge in [-0.2, -0.15) is 0 Å². The molecule has 1 fully saturated rings.